The number of ether oxygens (including phenoxy) is 2. The molecule has 0 amide bonds. The third kappa shape index (κ3) is 3.58. The van der Waals surface area contributed by atoms with Gasteiger partial charge in [-0.3, -0.25) is 4.79 Å². The zero-order chi connectivity index (χ0) is 19.4. The molecule has 1 N–H and O–H groups in total. The Bertz CT molecular complexity index is 974. The van der Waals surface area contributed by atoms with Crippen molar-refractivity contribution < 1.29 is 19.1 Å². The summed E-state index contributed by atoms with van der Waals surface area (Å²) in [5.74, 6) is 0.333. The lowest BCUT2D eigenvalue weighted by Gasteiger charge is -2.20. The molecule has 5 heteroatoms. The van der Waals surface area contributed by atoms with Crippen LogP contribution in [0.3, 0.4) is 0 Å². The maximum Gasteiger partial charge on any atom is 0.337 e. The number of rotatable bonds is 7. The van der Waals surface area contributed by atoms with Gasteiger partial charge < -0.3 is 14.5 Å². The van der Waals surface area contributed by atoms with Crippen LogP contribution in [0.15, 0.2) is 42.6 Å². The number of esters is 1. The smallest absolute Gasteiger partial charge is 0.337 e. The van der Waals surface area contributed by atoms with E-state index in [1.165, 1.54) is 7.11 Å². The quantitative estimate of drug-likeness (QED) is 0.486. The molecule has 0 spiro atoms. The minimum Gasteiger partial charge on any atom is -0.496 e. The molecule has 0 saturated carbocycles. The minimum absolute atomic E-state index is 0.0762. The highest BCUT2D eigenvalue weighted by Crippen LogP contribution is 2.39. The van der Waals surface area contributed by atoms with E-state index in [-0.39, 0.29) is 5.92 Å². The number of aromatic amines is 1. The van der Waals surface area contributed by atoms with Crippen molar-refractivity contribution >= 4 is 23.2 Å². The van der Waals surface area contributed by atoms with Crippen molar-refractivity contribution in [3.05, 3.63) is 64.8 Å². The van der Waals surface area contributed by atoms with Crippen LogP contribution in [0, 0.1) is 0 Å². The van der Waals surface area contributed by atoms with E-state index in [1.54, 1.807) is 25.3 Å². The van der Waals surface area contributed by atoms with Crippen molar-refractivity contribution in [1.29, 1.82) is 0 Å². The molecule has 0 aliphatic carbocycles. The van der Waals surface area contributed by atoms with Gasteiger partial charge in [0, 0.05) is 34.1 Å². The minimum atomic E-state index is -0.394. The second kappa shape index (κ2) is 8.08. The molecular weight excluding hydrogens is 342 g/mol. The van der Waals surface area contributed by atoms with Gasteiger partial charge in [0.05, 0.1) is 19.8 Å². The first-order chi connectivity index (χ1) is 13.1. The van der Waals surface area contributed by atoms with Gasteiger partial charge in [-0.2, -0.15) is 0 Å². The number of methoxy groups -OCH3 is 2. The summed E-state index contributed by atoms with van der Waals surface area (Å²) >= 11 is 0. The number of carbonyl (C=O) groups is 2. The molecule has 0 fully saturated rings. The molecule has 0 aliphatic heterocycles. The van der Waals surface area contributed by atoms with E-state index < -0.39 is 5.97 Å². The SMILES string of the molecule is CCCC(c1ccc(C(=O)OC)cc1OC)c1c[nH]c2ccc(C=O)cc12. The molecule has 1 heterocycles. The van der Waals surface area contributed by atoms with E-state index >= 15 is 0 Å². The van der Waals surface area contributed by atoms with Crippen LogP contribution < -0.4 is 4.74 Å². The Morgan fingerprint density at radius 2 is 1.96 bits per heavy atom. The number of hydrogen-bond acceptors (Lipinski definition) is 4. The van der Waals surface area contributed by atoms with Gasteiger partial charge in [-0.25, -0.2) is 4.79 Å². The number of carbonyl (C=O) groups excluding carboxylic acids is 2. The van der Waals surface area contributed by atoms with Gasteiger partial charge in [-0.05, 0) is 42.3 Å². The van der Waals surface area contributed by atoms with Gasteiger partial charge in [0.2, 0.25) is 0 Å². The lowest BCUT2D eigenvalue weighted by Crippen LogP contribution is -2.06. The van der Waals surface area contributed by atoms with Crippen LogP contribution in [-0.4, -0.2) is 31.5 Å². The number of aldehydes is 1. The first kappa shape index (κ1) is 18.7. The Morgan fingerprint density at radius 1 is 1.15 bits per heavy atom. The predicted octanol–water partition coefficient (Wildman–Crippen LogP) is 4.71. The van der Waals surface area contributed by atoms with Gasteiger partial charge in [-0.15, -0.1) is 0 Å². The van der Waals surface area contributed by atoms with Crippen molar-refractivity contribution in [2.75, 3.05) is 14.2 Å². The lowest BCUT2D eigenvalue weighted by atomic mass is 9.86. The number of fused-ring (bicyclic) bond motifs is 1. The van der Waals surface area contributed by atoms with E-state index in [0.29, 0.717) is 16.9 Å². The summed E-state index contributed by atoms with van der Waals surface area (Å²) in [6.07, 6.45) is 4.74. The molecule has 140 valence electrons. The summed E-state index contributed by atoms with van der Waals surface area (Å²) in [7, 11) is 2.96. The molecule has 3 rings (SSSR count). The summed E-state index contributed by atoms with van der Waals surface area (Å²) in [4.78, 5) is 26.3. The third-order valence-electron chi connectivity index (χ3n) is 4.86. The summed E-state index contributed by atoms with van der Waals surface area (Å²) in [6.45, 7) is 2.13. The molecule has 0 saturated heterocycles. The molecule has 0 bridgehead atoms. The topological polar surface area (TPSA) is 68.4 Å². The maximum absolute atomic E-state index is 11.8. The Kier molecular flexibility index (Phi) is 5.60. The van der Waals surface area contributed by atoms with Crippen LogP contribution in [-0.2, 0) is 4.74 Å². The summed E-state index contributed by atoms with van der Waals surface area (Å²) < 4.78 is 10.4. The van der Waals surface area contributed by atoms with E-state index in [9.17, 15) is 9.59 Å². The Labute approximate surface area is 158 Å². The highest BCUT2D eigenvalue weighted by atomic mass is 16.5. The number of hydrogen-bond donors (Lipinski definition) is 1. The van der Waals surface area contributed by atoms with Crippen molar-refractivity contribution in [2.45, 2.75) is 25.7 Å². The largest absolute Gasteiger partial charge is 0.496 e. The Balaban J connectivity index is 2.14. The molecule has 1 unspecified atom stereocenters. The van der Waals surface area contributed by atoms with Gasteiger partial charge >= 0.3 is 5.97 Å². The zero-order valence-corrected chi connectivity index (χ0v) is 15.7. The van der Waals surface area contributed by atoms with Crippen LogP contribution in [0.4, 0.5) is 0 Å². The highest BCUT2D eigenvalue weighted by Gasteiger charge is 2.22. The molecule has 5 nitrogen and oxygen atoms in total. The number of benzene rings is 2. The van der Waals surface area contributed by atoms with E-state index in [4.69, 9.17) is 9.47 Å². The van der Waals surface area contributed by atoms with E-state index in [2.05, 4.69) is 11.9 Å². The maximum atomic E-state index is 11.8. The van der Waals surface area contributed by atoms with Crippen LogP contribution in [0.5, 0.6) is 5.75 Å². The fourth-order valence-corrected chi connectivity index (χ4v) is 3.53. The Hall–Kier alpha value is -3.08. The zero-order valence-electron chi connectivity index (χ0n) is 15.7. The molecule has 27 heavy (non-hydrogen) atoms. The Morgan fingerprint density at radius 3 is 2.63 bits per heavy atom. The van der Waals surface area contributed by atoms with Gasteiger partial charge in [0.15, 0.2) is 0 Å². The monoisotopic (exact) mass is 365 g/mol. The fraction of sp³-hybridized carbons (Fsp3) is 0.273. The summed E-state index contributed by atoms with van der Waals surface area (Å²) in [5.41, 5.74) is 4.20. The number of aromatic nitrogens is 1. The third-order valence-corrected chi connectivity index (χ3v) is 4.86. The first-order valence-corrected chi connectivity index (χ1v) is 8.95. The molecular formula is C22H23NO4. The standard InChI is InChI=1S/C22H23NO4/c1-4-5-16(17-8-7-15(22(25)27-3)11-21(17)26-2)19-12-23-20-9-6-14(13-24)10-18(19)20/h6-13,16,23H,4-5H2,1-3H3. The molecule has 1 atom stereocenters. The van der Waals surface area contributed by atoms with Crippen molar-refractivity contribution in [3.8, 4) is 5.75 Å². The molecule has 2 aromatic carbocycles. The second-order valence-electron chi connectivity index (χ2n) is 6.46. The fourth-order valence-electron chi connectivity index (χ4n) is 3.53. The van der Waals surface area contributed by atoms with Crippen molar-refractivity contribution in [3.63, 3.8) is 0 Å². The van der Waals surface area contributed by atoms with Crippen LogP contribution in [0.2, 0.25) is 0 Å². The number of nitrogens with one attached hydrogen (secondary N) is 1. The van der Waals surface area contributed by atoms with Gasteiger partial charge in [0.25, 0.3) is 0 Å². The van der Waals surface area contributed by atoms with E-state index in [0.717, 1.165) is 41.2 Å². The van der Waals surface area contributed by atoms with Crippen LogP contribution in [0.25, 0.3) is 10.9 Å². The van der Waals surface area contributed by atoms with Crippen LogP contribution >= 0.6 is 0 Å². The second-order valence-corrected chi connectivity index (χ2v) is 6.46. The van der Waals surface area contributed by atoms with E-state index in [1.807, 2.05) is 24.4 Å². The van der Waals surface area contributed by atoms with Crippen molar-refractivity contribution in [2.24, 2.45) is 0 Å². The molecule has 1 aromatic heterocycles. The summed E-state index contributed by atoms with van der Waals surface area (Å²) in [5, 5.41) is 1.03. The molecule has 0 aliphatic rings. The predicted molar refractivity (Wildman–Crippen MR) is 105 cm³/mol. The number of H-pyrrole nitrogens is 1. The lowest BCUT2D eigenvalue weighted by molar-refractivity contribution is 0.0600. The van der Waals surface area contributed by atoms with Crippen LogP contribution in [0.1, 0.15) is 57.5 Å². The molecule has 0 radical (unpaired) electrons. The highest BCUT2D eigenvalue weighted by molar-refractivity contribution is 5.91. The van der Waals surface area contributed by atoms with Gasteiger partial charge in [-0.1, -0.05) is 19.4 Å². The summed E-state index contributed by atoms with van der Waals surface area (Å²) in [6, 6.07) is 11.0. The average Bonchev–Trinajstić information content (AvgIpc) is 3.13. The average molecular weight is 365 g/mol. The van der Waals surface area contributed by atoms with Gasteiger partial charge in [0.1, 0.15) is 12.0 Å². The van der Waals surface area contributed by atoms with Crippen molar-refractivity contribution in [1.82, 2.24) is 4.98 Å². The normalized spacial score (nSPS) is 12.0. The molecule has 3 aromatic rings. The first-order valence-electron chi connectivity index (χ1n) is 8.95.